The second-order valence-corrected chi connectivity index (χ2v) is 6.72. The van der Waals surface area contributed by atoms with E-state index in [-0.39, 0.29) is 17.4 Å². The fourth-order valence-corrected chi connectivity index (χ4v) is 3.34. The largest absolute Gasteiger partial charge is 0.349 e. The number of carbonyl (C=O) groups excluding carboxylic acids is 1. The van der Waals surface area contributed by atoms with Crippen LogP contribution in [-0.4, -0.2) is 12.5 Å². The molecule has 1 saturated carbocycles. The number of carbonyl (C=O) groups is 1. The highest BCUT2D eigenvalue weighted by molar-refractivity contribution is 5.83. The molecule has 1 atom stereocenters. The summed E-state index contributed by atoms with van der Waals surface area (Å²) >= 11 is 0. The molecule has 0 aromatic heterocycles. The second kappa shape index (κ2) is 6.61. The Morgan fingerprint density at radius 3 is 2.57 bits per heavy atom. The summed E-state index contributed by atoms with van der Waals surface area (Å²) in [5.74, 6) is 0.846. The third-order valence-electron chi connectivity index (χ3n) is 5.11. The normalized spacial score (nSPS) is 27.1. The smallest absolute Gasteiger partial charge is 0.227 e. The van der Waals surface area contributed by atoms with Crippen LogP contribution in [0.15, 0.2) is 24.3 Å². The zero-order valence-corrected chi connectivity index (χ0v) is 13.5. The van der Waals surface area contributed by atoms with Crippen LogP contribution in [0.4, 0.5) is 0 Å². The molecule has 1 fully saturated rings. The topological polar surface area (TPSA) is 55.1 Å². The second-order valence-electron chi connectivity index (χ2n) is 6.72. The molecule has 1 aromatic rings. The molecular weight excluding hydrogens is 260 g/mol. The number of nitrogens with one attached hydrogen (secondary N) is 1. The Bertz CT molecular complexity index is 490. The third kappa shape index (κ3) is 3.46. The van der Waals surface area contributed by atoms with Crippen molar-refractivity contribution in [2.45, 2.75) is 52.5 Å². The molecule has 0 heterocycles. The van der Waals surface area contributed by atoms with Crippen molar-refractivity contribution in [1.29, 1.82) is 0 Å². The molecular formula is C18H28N2O. The van der Waals surface area contributed by atoms with Gasteiger partial charge in [-0.3, -0.25) is 4.79 Å². The molecule has 1 aliphatic rings. The van der Waals surface area contributed by atoms with Crippen molar-refractivity contribution in [2.75, 3.05) is 6.54 Å². The number of benzene rings is 1. The van der Waals surface area contributed by atoms with Gasteiger partial charge in [-0.1, -0.05) is 31.2 Å². The number of hydrogen-bond donors (Lipinski definition) is 2. The lowest BCUT2D eigenvalue weighted by molar-refractivity contribution is -0.133. The maximum absolute atomic E-state index is 12.8. The molecule has 3 N–H and O–H groups in total. The minimum atomic E-state index is -0.358. The highest BCUT2D eigenvalue weighted by Gasteiger charge is 2.40. The van der Waals surface area contributed by atoms with E-state index in [1.165, 1.54) is 11.1 Å². The molecule has 0 saturated heterocycles. The van der Waals surface area contributed by atoms with Gasteiger partial charge in [0.15, 0.2) is 0 Å². The number of hydrogen-bond acceptors (Lipinski definition) is 2. The average molecular weight is 288 g/mol. The Hall–Kier alpha value is -1.35. The molecule has 0 spiro atoms. The lowest BCUT2D eigenvalue weighted by atomic mass is 9.70. The Labute approximate surface area is 128 Å². The SMILES string of the molecule is Cc1ccccc1C(C)NC(=O)C1(CN)CCC(C)CC1. The van der Waals surface area contributed by atoms with Gasteiger partial charge in [-0.15, -0.1) is 0 Å². The van der Waals surface area contributed by atoms with E-state index >= 15 is 0 Å². The molecule has 3 nitrogen and oxygen atoms in total. The van der Waals surface area contributed by atoms with E-state index in [1.807, 2.05) is 12.1 Å². The maximum atomic E-state index is 12.8. The average Bonchev–Trinajstić information content (AvgIpc) is 2.48. The molecule has 1 aliphatic carbocycles. The maximum Gasteiger partial charge on any atom is 0.227 e. The zero-order chi connectivity index (χ0) is 15.5. The van der Waals surface area contributed by atoms with Crippen LogP contribution in [0.25, 0.3) is 0 Å². The first kappa shape index (κ1) is 16.0. The van der Waals surface area contributed by atoms with Gasteiger partial charge in [-0.25, -0.2) is 0 Å². The monoisotopic (exact) mass is 288 g/mol. The summed E-state index contributed by atoms with van der Waals surface area (Å²) < 4.78 is 0. The van der Waals surface area contributed by atoms with Crippen LogP contribution in [0.2, 0.25) is 0 Å². The zero-order valence-electron chi connectivity index (χ0n) is 13.5. The molecule has 0 bridgehead atoms. The van der Waals surface area contributed by atoms with Crippen LogP contribution in [0, 0.1) is 18.3 Å². The Balaban J connectivity index is 2.08. The van der Waals surface area contributed by atoms with Crippen molar-refractivity contribution in [2.24, 2.45) is 17.1 Å². The first-order valence-electron chi connectivity index (χ1n) is 8.05. The molecule has 3 heteroatoms. The first-order valence-corrected chi connectivity index (χ1v) is 8.05. The third-order valence-corrected chi connectivity index (χ3v) is 5.11. The number of amides is 1. The van der Waals surface area contributed by atoms with E-state index in [0.29, 0.717) is 12.5 Å². The van der Waals surface area contributed by atoms with E-state index in [4.69, 9.17) is 5.73 Å². The summed E-state index contributed by atoms with van der Waals surface area (Å²) in [6.45, 7) is 6.84. The van der Waals surface area contributed by atoms with Gasteiger partial charge in [0.05, 0.1) is 11.5 Å². The van der Waals surface area contributed by atoms with Crippen LogP contribution in [0.1, 0.15) is 56.7 Å². The van der Waals surface area contributed by atoms with Gasteiger partial charge < -0.3 is 11.1 Å². The van der Waals surface area contributed by atoms with Crippen LogP contribution >= 0.6 is 0 Å². The van der Waals surface area contributed by atoms with E-state index in [9.17, 15) is 4.79 Å². The molecule has 2 rings (SSSR count). The van der Waals surface area contributed by atoms with E-state index < -0.39 is 0 Å². The Morgan fingerprint density at radius 1 is 1.38 bits per heavy atom. The van der Waals surface area contributed by atoms with Crippen LogP contribution in [-0.2, 0) is 4.79 Å². The quantitative estimate of drug-likeness (QED) is 0.893. The van der Waals surface area contributed by atoms with Crippen LogP contribution in [0.5, 0.6) is 0 Å². The first-order chi connectivity index (χ1) is 9.98. The van der Waals surface area contributed by atoms with Crippen molar-refractivity contribution in [1.82, 2.24) is 5.32 Å². The fraction of sp³-hybridized carbons (Fsp3) is 0.611. The summed E-state index contributed by atoms with van der Waals surface area (Å²) in [7, 11) is 0. The fourth-order valence-electron chi connectivity index (χ4n) is 3.34. The van der Waals surface area contributed by atoms with Crippen LogP contribution in [0.3, 0.4) is 0 Å². The minimum Gasteiger partial charge on any atom is -0.349 e. The predicted molar refractivity (Wildman–Crippen MR) is 86.9 cm³/mol. The van der Waals surface area contributed by atoms with E-state index in [1.54, 1.807) is 0 Å². The predicted octanol–water partition coefficient (Wildman–Crippen LogP) is 3.33. The molecule has 21 heavy (non-hydrogen) atoms. The van der Waals surface area contributed by atoms with Crippen molar-refractivity contribution in [3.8, 4) is 0 Å². The molecule has 116 valence electrons. The number of rotatable bonds is 4. The molecule has 1 amide bonds. The van der Waals surface area contributed by atoms with Gasteiger partial charge in [-0.2, -0.15) is 0 Å². The molecule has 1 aromatic carbocycles. The van der Waals surface area contributed by atoms with E-state index in [0.717, 1.165) is 25.7 Å². The summed E-state index contributed by atoms with van der Waals surface area (Å²) in [6, 6.07) is 8.24. The molecule has 1 unspecified atom stereocenters. The summed E-state index contributed by atoms with van der Waals surface area (Å²) in [5, 5.41) is 3.19. The van der Waals surface area contributed by atoms with Gasteiger partial charge in [0.1, 0.15) is 0 Å². The molecule has 0 radical (unpaired) electrons. The van der Waals surface area contributed by atoms with E-state index in [2.05, 4.69) is 38.2 Å². The van der Waals surface area contributed by atoms with Crippen molar-refractivity contribution < 1.29 is 4.79 Å². The highest BCUT2D eigenvalue weighted by atomic mass is 16.2. The summed E-state index contributed by atoms with van der Waals surface area (Å²) in [5.41, 5.74) is 8.01. The van der Waals surface area contributed by atoms with Crippen molar-refractivity contribution in [3.63, 3.8) is 0 Å². The van der Waals surface area contributed by atoms with Gasteiger partial charge >= 0.3 is 0 Å². The Kier molecular flexibility index (Phi) is 5.04. The number of nitrogens with two attached hydrogens (primary N) is 1. The van der Waals surface area contributed by atoms with Crippen molar-refractivity contribution >= 4 is 5.91 Å². The summed E-state index contributed by atoms with van der Waals surface area (Å²) in [4.78, 5) is 12.8. The van der Waals surface area contributed by atoms with Crippen molar-refractivity contribution in [3.05, 3.63) is 35.4 Å². The van der Waals surface area contributed by atoms with Crippen LogP contribution < -0.4 is 11.1 Å². The Morgan fingerprint density at radius 2 is 2.00 bits per heavy atom. The van der Waals surface area contributed by atoms with Gasteiger partial charge in [0.25, 0.3) is 0 Å². The lowest BCUT2D eigenvalue weighted by Gasteiger charge is -2.38. The van der Waals surface area contributed by atoms with Gasteiger partial charge in [0.2, 0.25) is 5.91 Å². The number of aryl methyl sites for hydroxylation is 1. The minimum absolute atomic E-state index is 0.0291. The van der Waals surface area contributed by atoms with Gasteiger partial charge in [-0.05, 0) is 56.6 Å². The lowest BCUT2D eigenvalue weighted by Crippen LogP contribution is -2.48. The summed E-state index contributed by atoms with van der Waals surface area (Å²) in [6.07, 6.45) is 4.03. The standard InChI is InChI=1S/C18H28N2O/c1-13-8-10-18(12-19,11-9-13)17(21)20-15(3)16-7-5-4-6-14(16)2/h4-7,13,15H,8-12,19H2,1-3H3,(H,20,21). The highest BCUT2D eigenvalue weighted by Crippen LogP contribution is 2.38. The molecule has 0 aliphatic heterocycles. The van der Waals surface area contributed by atoms with Gasteiger partial charge in [0, 0.05) is 6.54 Å².